The van der Waals surface area contributed by atoms with Gasteiger partial charge in [0.2, 0.25) is 0 Å². The van der Waals surface area contributed by atoms with Gasteiger partial charge in [-0.15, -0.1) is 6.58 Å². The summed E-state index contributed by atoms with van der Waals surface area (Å²) in [6, 6.07) is 2.47. The van der Waals surface area contributed by atoms with Crippen molar-refractivity contribution in [1.29, 1.82) is 0 Å². The number of benzene rings is 1. The molecule has 0 aliphatic rings. The summed E-state index contributed by atoms with van der Waals surface area (Å²) in [4.78, 5) is 0. The molecule has 0 aliphatic carbocycles. The number of hydrogen-bond acceptors (Lipinski definition) is 1. The third-order valence-electron chi connectivity index (χ3n) is 2.96. The van der Waals surface area contributed by atoms with Crippen LogP contribution >= 0.6 is 0 Å². The van der Waals surface area contributed by atoms with Gasteiger partial charge in [-0.25, -0.2) is 8.78 Å². The largest absolute Gasteiger partial charge is 0.310 e. The van der Waals surface area contributed by atoms with Crippen molar-refractivity contribution < 1.29 is 8.78 Å². The molecular weight excluding hydrogens is 232 g/mol. The molecule has 100 valence electrons. The molecule has 0 amide bonds. The minimum atomic E-state index is -0.494. The molecule has 0 bridgehead atoms. The summed E-state index contributed by atoms with van der Waals surface area (Å²) >= 11 is 0. The van der Waals surface area contributed by atoms with Crippen molar-refractivity contribution in [3.63, 3.8) is 0 Å². The van der Waals surface area contributed by atoms with Gasteiger partial charge in [-0.05, 0) is 44.9 Å². The summed E-state index contributed by atoms with van der Waals surface area (Å²) in [5, 5.41) is 3.24. The Hall–Kier alpha value is -1.22. The van der Waals surface area contributed by atoms with Crippen molar-refractivity contribution >= 4 is 0 Å². The fraction of sp³-hybridized carbons (Fsp3) is 0.467. The Morgan fingerprint density at radius 3 is 2.56 bits per heavy atom. The zero-order valence-electron chi connectivity index (χ0n) is 11.3. The summed E-state index contributed by atoms with van der Waals surface area (Å²) < 4.78 is 27.1. The molecule has 1 N–H and O–H groups in total. The lowest BCUT2D eigenvalue weighted by molar-refractivity contribution is 0.478. The first-order chi connectivity index (χ1) is 8.45. The van der Waals surface area contributed by atoms with Gasteiger partial charge in [0.1, 0.15) is 11.6 Å². The SMILES string of the molecule is C=C(C)CCC(NCC)c1cc(C)c(F)cc1F. The normalized spacial score (nSPS) is 12.5. The molecule has 3 heteroatoms. The first kappa shape index (κ1) is 14.8. The van der Waals surface area contributed by atoms with Gasteiger partial charge in [-0.3, -0.25) is 0 Å². The van der Waals surface area contributed by atoms with E-state index in [2.05, 4.69) is 11.9 Å². The monoisotopic (exact) mass is 253 g/mol. The van der Waals surface area contributed by atoms with Crippen LogP contribution in [-0.4, -0.2) is 6.54 Å². The minimum Gasteiger partial charge on any atom is -0.310 e. The van der Waals surface area contributed by atoms with Crippen LogP contribution in [0, 0.1) is 18.6 Å². The number of nitrogens with one attached hydrogen (secondary N) is 1. The summed E-state index contributed by atoms with van der Waals surface area (Å²) in [5.41, 5.74) is 2.08. The highest BCUT2D eigenvalue weighted by Crippen LogP contribution is 2.25. The van der Waals surface area contributed by atoms with Crippen molar-refractivity contribution in [2.45, 2.75) is 39.7 Å². The van der Waals surface area contributed by atoms with Crippen LogP contribution in [0.25, 0.3) is 0 Å². The van der Waals surface area contributed by atoms with E-state index in [1.807, 2.05) is 13.8 Å². The summed E-state index contributed by atoms with van der Waals surface area (Å²) in [6.07, 6.45) is 1.60. The maximum absolute atomic E-state index is 13.8. The molecule has 1 aromatic carbocycles. The molecule has 0 saturated carbocycles. The van der Waals surface area contributed by atoms with E-state index in [4.69, 9.17) is 0 Å². The minimum absolute atomic E-state index is 0.0917. The van der Waals surface area contributed by atoms with Crippen LogP contribution < -0.4 is 5.32 Å². The molecule has 0 spiro atoms. The lowest BCUT2D eigenvalue weighted by Crippen LogP contribution is -2.22. The van der Waals surface area contributed by atoms with E-state index >= 15 is 0 Å². The van der Waals surface area contributed by atoms with Crippen molar-refractivity contribution in [2.75, 3.05) is 6.54 Å². The molecule has 1 unspecified atom stereocenters. The predicted octanol–water partition coefficient (Wildman–Crippen LogP) is 4.28. The van der Waals surface area contributed by atoms with Gasteiger partial charge in [-0.1, -0.05) is 12.5 Å². The van der Waals surface area contributed by atoms with Gasteiger partial charge < -0.3 is 5.32 Å². The Kier molecular flexibility index (Phi) is 5.48. The Labute approximate surface area is 108 Å². The van der Waals surface area contributed by atoms with Gasteiger partial charge in [0.25, 0.3) is 0 Å². The molecule has 1 nitrogen and oxygen atoms in total. The van der Waals surface area contributed by atoms with Gasteiger partial charge in [-0.2, -0.15) is 0 Å². The van der Waals surface area contributed by atoms with Crippen molar-refractivity contribution in [1.82, 2.24) is 5.32 Å². The summed E-state index contributed by atoms with van der Waals surface area (Å²) in [7, 11) is 0. The quantitative estimate of drug-likeness (QED) is 0.746. The van der Waals surface area contributed by atoms with Crippen LogP contribution in [0.3, 0.4) is 0 Å². The number of hydrogen-bond donors (Lipinski definition) is 1. The standard InChI is InChI=1S/C15H21F2N/c1-5-18-15(7-6-10(2)3)12-8-11(4)13(16)9-14(12)17/h8-9,15,18H,2,5-7H2,1,3-4H3. The Bertz CT molecular complexity index is 427. The van der Waals surface area contributed by atoms with Crippen LogP contribution in [0.1, 0.15) is 43.9 Å². The van der Waals surface area contributed by atoms with E-state index in [0.717, 1.165) is 31.0 Å². The molecule has 1 rings (SSSR count). The van der Waals surface area contributed by atoms with Crippen LogP contribution in [0.5, 0.6) is 0 Å². The maximum atomic E-state index is 13.8. The summed E-state index contributed by atoms with van der Waals surface area (Å²) in [6.45, 7) is 10.2. The van der Waals surface area contributed by atoms with E-state index in [1.54, 1.807) is 13.0 Å². The number of allylic oxidation sites excluding steroid dienone is 1. The maximum Gasteiger partial charge on any atom is 0.130 e. The highest BCUT2D eigenvalue weighted by molar-refractivity contribution is 5.28. The molecule has 0 heterocycles. The van der Waals surface area contributed by atoms with Crippen LogP contribution in [0.2, 0.25) is 0 Å². The lowest BCUT2D eigenvalue weighted by atomic mass is 9.97. The smallest absolute Gasteiger partial charge is 0.130 e. The second kappa shape index (κ2) is 6.64. The first-order valence-corrected chi connectivity index (χ1v) is 6.29. The molecule has 0 radical (unpaired) electrons. The number of aryl methyl sites for hydroxylation is 1. The highest BCUT2D eigenvalue weighted by atomic mass is 19.1. The predicted molar refractivity (Wildman–Crippen MR) is 71.6 cm³/mol. The molecule has 18 heavy (non-hydrogen) atoms. The molecule has 0 fully saturated rings. The van der Waals surface area contributed by atoms with Gasteiger partial charge in [0.05, 0.1) is 0 Å². The first-order valence-electron chi connectivity index (χ1n) is 6.29. The topological polar surface area (TPSA) is 12.0 Å². The molecular formula is C15H21F2N. The second-order valence-electron chi connectivity index (χ2n) is 4.73. The average Bonchev–Trinajstić information content (AvgIpc) is 2.29. The van der Waals surface area contributed by atoms with E-state index in [9.17, 15) is 8.78 Å². The van der Waals surface area contributed by atoms with Crippen LogP contribution in [0.4, 0.5) is 8.78 Å². The third-order valence-corrected chi connectivity index (χ3v) is 2.96. The Morgan fingerprint density at radius 1 is 1.33 bits per heavy atom. The highest BCUT2D eigenvalue weighted by Gasteiger charge is 2.16. The zero-order valence-corrected chi connectivity index (χ0v) is 11.3. The lowest BCUT2D eigenvalue weighted by Gasteiger charge is -2.19. The average molecular weight is 253 g/mol. The molecule has 1 atom stereocenters. The van der Waals surface area contributed by atoms with E-state index < -0.39 is 11.6 Å². The van der Waals surface area contributed by atoms with Gasteiger partial charge in [0, 0.05) is 17.7 Å². The van der Waals surface area contributed by atoms with Crippen molar-refractivity contribution in [3.05, 3.63) is 47.0 Å². The van der Waals surface area contributed by atoms with E-state index in [-0.39, 0.29) is 6.04 Å². The van der Waals surface area contributed by atoms with Crippen LogP contribution in [0.15, 0.2) is 24.3 Å². The number of rotatable bonds is 6. The Balaban J connectivity index is 2.97. The fourth-order valence-corrected chi connectivity index (χ4v) is 1.95. The Morgan fingerprint density at radius 2 is 2.00 bits per heavy atom. The molecule has 0 aromatic heterocycles. The fourth-order valence-electron chi connectivity index (χ4n) is 1.95. The zero-order chi connectivity index (χ0) is 13.7. The summed E-state index contributed by atoms with van der Waals surface area (Å²) in [5.74, 6) is -0.975. The van der Waals surface area contributed by atoms with Crippen LogP contribution in [-0.2, 0) is 0 Å². The molecule has 1 aromatic rings. The molecule has 0 saturated heterocycles. The third kappa shape index (κ3) is 3.91. The van der Waals surface area contributed by atoms with Crippen molar-refractivity contribution in [2.24, 2.45) is 0 Å². The van der Waals surface area contributed by atoms with Gasteiger partial charge in [0.15, 0.2) is 0 Å². The van der Waals surface area contributed by atoms with E-state index in [1.165, 1.54) is 0 Å². The van der Waals surface area contributed by atoms with E-state index in [0.29, 0.717) is 11.1 Å². The van der Waals surface area contributed by atoms with Crippen molar-refractivity contribution in [3.8, 4) is 0 Å². The second-order valence-corrected chi connectivity index (χ2v) is 4.73. The molecule has 0 aliphatic heterocycles. The van der Waals surface area contributed by atoms with Gasteiger partial charge >= 0.3 is 0 Å². The number of halogens is 2.